The second-order valence-corrected chi connectivity index (χ2v) is 7.46. The Kier molecular flexibility index (Phi) is 6.38. The largest absolute Gasteiger partial charge is 0.503 e. The smallest absolute Gasteiger partial charge is 0.176 e. The van der Waals surface area contributed by atoms with Gasteiger partial charge in [-0.2, -0.15) is 0 Å². The van der Waals surface area contributed by atoms with Crippen molar-refractivity contribution in [2.24, 2.45) is 5.92 Å². The molecule has 1 heterocycles. The lowest BCUT2D eigenvalue weighted by Crippen LogP contribution is -2.38. The molecule has 0 radical (unpaired) electrons. The summed E-state index contributed by atoms with van der Waals surface area (Å²) in [5, 5.41) is 10.3. The number of hydrogen-bond donors (Lipinski definition) is 1. The van der Waals surface area contributed by atoms with Gasteiger partial charge in [0.25, 0.3) is 0 Å². The number of halogens is 1. The predicted octanol–water partition coefficient (Wildman–Crippen LogP) is 5.07. The summed E-state index contributed by atoms with van der Waals surface area (Å²) in [5.41, 5.74) is 2.23. The highest BCUT2D eigenvalue weighted by Gasteiger charge is 2.23. The number of rotatable bonds is 5. The molecule has 0 unspecified atom stereocenters. The summed E-state index contributed by atoms with van der Waals surface area (Å²) in [7, 11) is 0. The zero-order valence-electron chi connectivity index (χ0n) is 15.0. The van der Waals surface area contributed by atoms with Crippen LogP contribution in [0.2, 0.25) is 5.02 Å². The molecule has 0 bridgehead atoms. The Balaban J connectivity index is 1.63. The summed E-state index contributed by atoms with van der Waals surface area (Å²) >= 11 is 11.8. The Hall–Kier alpha value is -1.78. The highest BCUT2D eigenvalue weighted by atomic mass is 35.5. The number of benzene rings is 2. The first-order valence-corrected chi connectivity index (χ1v) is 9.85. The van der Waals surface area contributed by atoms with E-state index in [0.717, 1.165) is 42.9 Å². The number of nitrogens with zero attached hydrogens (tertiary/aromatic N) is 1. The van der Waals surface area contributed by atoms with Gasteiger partial charge in [0.1, 0.15) is 4.99 Å². The SMILES string of the molecule is CCOc1cc(C(=S)N2CCC(Cc3ccccc3)CC2)cc(Cl)c1O. The van der Waals surface area contributed by atoms with Gasteiger partial charge < -0.3 is 14.7 Å². The van der Waals surface area contributed by atoms with Gasteiger partial charge in [0.2, 0.25) is 0 Å². The lowest BCUT2D eigenvalue weighted by Gasteiger charge is -2.34. The number of thiocarbonyl (C=S) groups is 1. The van der Waals surface area contributed by atoms with Gasteiger partial charge in [0.05, 0.1) is 11.6 Å². The summed E-state index contributed by atoms with van der Waals surface area (Å²) in [5.74, 6) is 1.05. The Bertz CT molecular complexity index is 758. The van der Waals surface area contributed by atoms with Crippen molar-refractivity contribution < 1.29 is 9.84 Å². The molecule has 5 heteroatoms. The van der Waals surface area contributed by atoms with Gasteiger partial charge in [-0.15, -0.1) is 0 Å². The number of phenols is 1. The zero-order valence-corrected chi connectivity index (χ0v) is 16.5. The van der Waals surface area contributed by atoms with Crippen LogP contribution in [0.5, 0.6) is 11.5 Å². The minimum absolute atomic E-state index is 0.0263. The van der Waals surface area contributed by atoms with Crippen molar-refractivity contribution in [3.05, 3.63) is 58.6 Å². The van der Waals surface area contributed by atoms with Gasteiger partial charge in [-0.05, 0) is 49.8 Å². The summed E-state index contributed by atoms with van der Waals surface area (Å²) in [6, 6.07) is 14.2. The maximum atomic E-state index is 10.0. The molecule has 2 aromatic rings. The summed E-state index contributed by atoms with van der Waals surface area (Å²) in [4.78, 5) is 3.00. The quantitative estimate of drug-likeness (QED) is 0.723. The molecule has 1 aliphatic rings. The van der Waals surface area contributed by atoms with E-state index in [9.17, 15) is 5.11 Å². The number of piperidine rings is 1. The van der Waals surface area contributed by atoms with Crippen molar-refractivity contribution in [2.75, 3.05) is 19.7 Å². The molecule has 2 aromatic carbocycles. The summed E-state index contributed by atoms with van der Waals surface area (Å²) in [6.07, 6.45) is 3.37. The highest BCUT2D eigenvalue weighted by Crippen LogP contribution is 2.36. The van der Waals surface area contributed by atoms with Crippen LogP contribution in [0.1, 0.15) is 30.9 Å². The van der Waals surface area contributed by atoms with Crippen LogP contribution in [0.4, 0.5) is 0 Å². The van der Waals surface area contributed by atoms with Gasteiger partial charge in [-0.3, -0.25) is 0 Å². The van der Waals surface area contributed by atoms with Crippen molar-refractivity contribution >= 4 is 28.8 Å². The lowest BCUT2D eigenvalue weighted by atomic mass is 9.90. The van der Waals surface area contributed by atoms with E-state index in [1.165, 1.54) is 5.56 Å². The molecule has 1 aliphatic heterocycles. The molecule has 0 spiro atoms. The molecule has 1 saturated heterocycles. The minimum atomic E-state index is -0.0263. The fraction of sp³-hybridized carbons (Fsp3) is 0.381. The van der Waals surface area contributed by atoms with Crippen molar-refractivity contribution in [1.29, 1.82) is 0 Å². The molecule has 26 heavy (non-hydrogen) atoms. The van der Waals surface area contributed by atoms with Crippen molar-refractivity contribution in [1.82, 2.24) is 4.90 Å². The van der Waals surface area contributed by atoms with Crippen LogP contribution < -0.4 is 4.74 Å². The van der Waals surface area contributed by atoms with Crippen LogP contribution in [0.25, 0.3) is 0 Å². The molecule has 1 N–H and O–H groups in total. The average Bonchev–Trinajstić information content (AvgIpc) is 2.66. The van der Waals surface area contributed by atoms with Crippen LogP contribution in [-0.4, -0.2) is 34.7 Å². The molecule has 0 amide bonds. The van der Waals surface area contributed by atoms with Gasteiger partial charge in [-0.1, -0.05) is 54.2 Å². The second kappa shape index (κ2) is 8.74. The predicted molar refractivity (Wildman–Crippen MR) is 110 cm³/mol. The molecule has 0 saturated carbocycles. The fourth-order valence-electron chi connectivity index (χ4n) is 3.43. The van der Waals surface area contributed by atoms with Crippen molar-refractivity contribution in [3.8, 4) is 11.5 Å². The van der Waals surface area contributed by atoms with Crippen molar-refractivity contribution in [2.45, 2.75) is 26.2 Å². The second-order valence-electron chi connectivity index (χ2n) is 6.66. The number of phenolic OH excluding ortho intramolecular Hbond substituents is 1. The van der Waals surface area contributed by atoms with E-state index in [4.69, 9.17) is 28.6 Å². The first kappa shape index (κ1) is 19.0. The molecule has 1 fully saturated rings. The van der Waals surface area contributed by atoms with Crippen LogP contribution in [-0.2, 0) is 6.42 Å². The average molecular weight is 390 g/mol. The Morgan fingerprint density at radius 1 is 1.23 bits per heavy atom. The molecule has 138 valence electrons. The number of ether oxygens (including phenoxy) is 1. The topological polar surface area (TPSA) is 32.7 Å². The highest BCUT2D eigenvalue weighted by molar-refractivity contribution is 7.80. The Labute approximate surface area is 165 Å². The van der Waals surface area contributed by atoms with E-state index >= 15 is 0 Å². The third kappa shape index (κ3) is 4.49. The Morgan fingerprint density at radius 2 is 1.92 bits per heavy atom. The lowest BCUT2D eigenvalue weighted by molar-refractivity contribution is 0.268. The molecular weight excluding hydrogens is 366 g/mol. The van der Waals surface area contributed by atoms with Crippen LogP contribution in [0, 0.1) is 5.92 Å². The third-order valence-electron chi connectivity index (χ3n) is 4.84. The standard InChI is InChI=1S/C21H24ClNO2S/c1-2-25-19-14-17(13-18(22)20(19)24)21(26)23-10-8-16(9-11-23)12-15-6-4-3-5-7-15/h3-7,13-14,16,24H,2,8-12H2,1H3. The molecular formula is C21H24ClNO2S. The molecule has 0 aliphatic carbocycles. The van der Waals surface area contributed by atoms with E-state index in [0.29, 0.717) is 18.3 Å². The molecule has 3 rings (SSSR count). The van der Waals surface area contributed by atoms with E-state index in [-0.39, 0.29) is 10.8 Å². The Morgan fingerprint density at radius 3 is 2.58 bits per heavy atom. The van der Waals surface area contributed by atoms with E-state index in [1.54, 1.807) is 12.1 Å². The van der Waals surface area contributed by atoms with E-state index < -0.39 is 0 Å². The number of likely N-dealkylation sites (tertiary alicyclic amines) is 1. The first-order chi connectivity index (χ1) is 12.6. The summed E-state index contributed by atoms with van der Waals surface area (Å²) < 4.78 is 5.47. The zero-order chi connectivity index (χ0) is 18.5. The summed E-state index contributed by atoms with van der Waals surface area (Å²) in [6.45, 7) is 4.22. The van der Waals surface area contributed by atoms with Crippen LogP contribution in [0.15, 0.2) is 42.5 Å². The van der Waals surface area contributed by atoms with E-state index in [1.807, 2.05) is 6.92 Å². The minimum Gasteiger partial charge on any atom is -0.503 e. The first-order valence-electron chi connectivity index (χ1n) is 9.07. The van der Waals surface area contributed by atoms with Gasteiger partial charge in [0.15, 0.2) is 11.5 Å². The number of hydrogen-bond acceptors (Lipinski definition) is 3. The van der Waals surface area contributed by atoms with Gasteiger partial charge in [-0.25, -0.2) is 0 Å². The monoisotopic (exact) mass is 389 g/mol. The maximum Gasteiger partial charge on any atom is 0.176 e. The maximum absolute atomic E-state index is 10.0. The van der Waals surface area contributed by atoms with Gasteiger partial charge in [0, 0.05) is 18.7 Å². The fourth-order valence-corrected chi connectivity index (χ4v) is 3.94. The normalized spacial score (nSPS) is 15.1. The van der Waals surface area contributed by atoms with Crippen molar-refractivity contribution in [3.63, 3.8) is 0 Å². The van der Waals surface area contributed by atoms with E-state index in [2.05, 4.69) is 35.2 Å². The molecule has 0 aromatic heterocycles. The van der Waals surface area contributed by atoms with Gasteiger partial charge >= 0.3 is 0 Å². The van der Waals surface area contributed by atoms with Crippen LogP contribution >= 0.6 is 23.8 Å². The number of aromatic hydroxyl groups is 1. The molecule has 3 nitrogen and oxygen atoms in total. The molecule has 0 atom stereocenters. The van der Waals surface area contributed by atoms with Crippen LogP contribution in [0.3, 0.4) is 0 Å². The third-order valence-corrected chi connectivity index (χ3v) is 5.63.